The molecule has 6 heteroatoms. The van der Waals surface area contributed by atoms with Gasteiger partial charge in [-0.25, -0.2) is 9.97 Å². The van der Waals surface area contributed by atoms with Crippen LogP contribution in [0.25, 0.3) is 122 Å². The van der Waals surface area contributed by atoms with E-state index in [-0.39, 0.29) is 0 Å². The number of benzene rings is 8. The van der Waals surface area contributed by atoms with Crippen LogP contribution < -0.4 is 0 Å². The molecule has 0 bridgehead atoms. The van der Waals surface area contributed by atoms with Crippen LogP contribution in [0.1, 0.15) is 0 Å². The summed E-state index contributed by atoms with van der Waals surface area (Å²) in [6, 6.07) is 78.0. The summed E-state index contributed by atoms with van der Waals surface area (Å²) in [7, 11) is 0. The summed E-state index contributed by atoms with van der Waals surface area (Å²) in [6.45, 7) is 0. The minimum Gasteiger partial charge on any atom is -0.309 e. The van der Waals surface area contributed by atoms with Crippen LogP contribution in [-0.4, -0.2) is 28.2 Å². The summed E-state index contributed by atoms with van der Waals surface area (Å²) in [5.41, 5.74) is 12.9. The van der Waals surface area contributed by atoms with Crippen LogP contribution in [0.3, 0.4) is 0 Å². The molecule has 0 fully saturated rings. The number of hydrogen-bond donors (Lipinski definition) is 0. The number of aromatic nitrogens is 6. The zero-order valence-electron chi connectivity index (χ0n) is 34.5. The molecule has 14 aromatic rings. The quantitative estimate of drug-likeness (QED) is 0.174. The normalized spacial score (nSPS) is 12.1. The molecule has 8 aromatic carbocycles. The van der Waals surface area contributed by atoms with E-state index in [9.17, 15) is 0 Å². The second-order valence-electron chi connectivity index (χ2n) is 16.6. The van der Waals surface area contributed by atoms with Gasteiger partial charge in [-0.1, -0.05) is 133 Å². The third-order valence-electron chi connectivity index (χ3n) is 13.2. The third kappa shape index (κ3) is 4.90. The fraction of sp³-hybridized carbons (Fsp3) is 0. The van der Waals surface area contributed by atoms with E-state index in [1.165, 1.54) is 54.1 Å². The molecule has 0 spiro atoms. The first-order valence-electron chi connectivity index (χ1n) is 21.8. The Bertz CT molecular complexity index is 4190. The lowest BCUT2D eigenvalue weighted by atomic mass is 10.1. The van der Waals surface area contributed by atoms with Crippen molar-refractivity contribution in [3.8, 4) is 34.4 Å². The molecule has 6 nitrogen and oxygen atoms in total. The molecule has 0 aliphatic heterocycles. The lowest BCUT2D eigenvalue weighted by molar-refractivity contribution is 1.05. The molecule has 0 atom stereocenters. The highest BCUT2D eigenvalue weighted by atomic mass is 15.1. The molecule has 0 N–H and O–H groups in total. The molecule has 0 amide bonds. The molecule has 0 saturated heterocycles. The van der Waals surface area contributed by atoms with Crippen molar-refractivity contribution in [2.75, 3.05) is 0 Å². The number of para-hydroxylation sites is 6. The van der Waals surface area contributed by atoms with Crippen molar-refractivity contribution in [1.82, 2.24) is 28.2 Å². The molecule has 0 unspecified atom stereocenters. The minimum atomic E-state index is 0.799. The zero-order chi connectivity index (χ0) is 41.9. The smallest absolute Gasteiger partial charge is 0.138 e. The predicted molar refractivity (Wildman–Crippen MR) is 265 cm³/mol. The summed E-state index contributed by atoms with van der Waals surface area (Å²) in [5.74, 6) is 1.67. The molecule has 298 valence electrons. The summed E-state index contributed by atoms with van der Waals surface area (Å²) < 4.78 is 9.46. The highest BCUT2D eigenvalue weighted by Crippen LogP contribution is 2.43. The van der Waals surface area contributed by atoms with Gasteiger partial charge in [0.2, 0.25) is 0 Å². The van der Waals surface area contributed by atoms with E-state index in [0.29, 0.717) is 0 Å². The Morgan fingerprint density at radius 1 is 0.234 bits per heavy atom. The van der Waals surface area contributed by atoms with Crippen molar-refractivity contribution in [2.24, 2.45) is 0 Å². The lowest BCUT2D eigenvalue weighted by Crippen LogP contribution is -2.02. The van der Waals surface area contributed by atoms with E-state index in [1.54, 1.807) is 0 Å². The monoisotopic (exact) mass is 816 g/mol. The molecule has 64 heavy (non-hydrogen) atoms. The van der Waals surface area contributed by atoms with Gasteiger partial charge in [-0.15, -0.1) is 0 Å². The summed E-state index contributed by atoms with van der Waals surface area (Å²) in [6.07, 6.45) is 0. The maximum Gasteiger partial charge on any atom is 0.138 e. The van der Waals surface area contributed by atoms with E-state index in [4.69, 9.17) is 9.97 Å². The third-order valence-corrected chi connectivity index (χ3v) is 13.2. The minimum absolute atomic E-state index is 0.799. The van der Waals surface area contributed by atoms with Crippen molar-refractivity contribution in [1.29, 1.82) is 0 Å². The van der Waals surface area contributed by atoms with Crippen LogP contribution in [0.2, 0.25) is 0 Å². The first-order chi connectivity index (χ1) is 31.8. The van der Waals surface area contributed by atoms with Crippen LogP contribution in [0.5, 0.6) is 0 Å². The summed E-state index contributed by atoms with van der Waals surface area (Å²) >= 11 is 0. The van der Waals surface area contributed by atoms with Crippen molar-refractivity contribution in [3.05, 3.63) is 218 Å². The summed E-state index contributed by atoms with van der Waals surface area (Å²) in [4.78, 5) is 10.9. The SMILES string of the molecule is c1ccc(-n2c3ccccc3c3cc4c5ccccc5n(-c5cccc(-c6cccc(-n7c8ccccc8c8ccc9c%10ccccc%10n(-c%10ccccc%10)c9c87)n6)n5)c4cc32)cc1. The molecule has 6 aromatic heterocycles. The predicted octanol–water partition coefficient (Wildman–Crippen LogP) is 14.5. The van der Waals surface area contributed by atoms with Gasteiger partial charge in [0, 0.05) is 54.5 Å². The van der Waals surface area contributed by atoms with Gasteiger partial charge in [0.1, 0.15) is 11.6 Å². The van der Waals surface area contributed by atoms with Gasteiger partial charge >= 0.3 is 0 Å². The van der Waals surface area contributed by atoms with E-state index in [1.807, 2.05) is 0 Å². The molecule has 0 aliphatic rings. The van der Waals surface area contributed by atoms with E-state index in [0.717, 1.165) is 67.5 Å². The van der Waals surface area contributed by atoms with E-state index >= 15 is 0 Å². The number of fused-ring (bicyclic) bond motifs is 13. The highest BCUT2D eigenvalue weighted by Gasteiger charge is 2.23. The van der Waals surface area contributed by atoms with Gasteiger partial charge in [-0.3, -0.25) is 9.13 Å². The van der Waals surface area contributed by atoms with Crippen molar-refractivity contribution in [2.45, 2.75) is 0 Å². The van der Waals surface area contributed by atoms with Gasteiger partial charge < -0.3 is 9.13 Å². The maximum atomic E-state index is 5.48. The average Bonchev–Trinajstić information content (AvgIpc) is 4.09. The standard InChI is InChI=1S/C58H36N6/c1-3-17-37(18-4-1)61-49-27-11-9-23-41(49)45-35-46-42-24-10-13-29-51(42)63(54(46)36-53(45)61)55-31-15-25-47(59-55)48-26-16-32-56(60-48)64-52-30-14-8-22-40(52)44-34-33-43-39-21-7-12-28-50(39)62(57(43)58(44)64)38-19-5-2-6-20-38/h1-36H. The molecule has 6 heterocycles. The second kappa shape index (κ2) is 13.4. The Morgan fingerprint density at radius 3 is 1.17 bits per heavy atom. The van der Waals surface area contributed by atoms with Crippen LogP contribution in [0.15, 0.2) is 218 Å². The molecular formula is C58H36N6. The number of rotatable bonds is 5. The fourth-order valence-electron chi connectivity index (χ4n) is 10.5. The van der Waals surface area contributed by atoms with Crippen LogP contribution in [-0.2, 0) is 0 Å². The van der Waals surface area contributed by atoms with Crippen LogP contribution in [0, 0.1) is 0 Å². The fourth-order valence-corrected chi connectivity index (χ4v) is 10.5. The zero-order valence-corrected chi connectivity index (χ0v) is 34.5. The first kappa shape index (κ1) is 34.9. The Kier molecular flexibility index (Phi) is 7.30. The number of hydrogen-bond acceptors (Lipinski definition) is 2. The first-order valence-corrected chi connectivity index (χ1v) is 21.8. The largest absolute Gasteiger partial charge is 0.309 e. The van der Waals surface area contributed by atoms with Gasteiger partial charge in [0.05, 0.1) is 55.5 Å². The van der Waals surface area contributed by atoms with Crippen molar-refractivity contribution < 1.29 is 0 Å². The second-order valence-corrected chi connectivity index (χ2v) is 16.6. The highest BCUT2D eigenvalue weighted by molar-refractivity contribution is 6.24. The Balaban J connectivity index is 0.992. The van der Waals surface area contributed by atoms with Crippen molar-refractivity contribution in [3.63, 3.8) is 0 Å². The molecule has 0 saturated carbocycles. The van der Waals surface area contributed by atoms with Crippen molar-refractivity contribution >= 4 is 87.2 Å². The topological polar surface area (TPSA) is 45.5 Å². The van der Waals surface area contributed by atoms with Crippen LogP contribution in [0.4, 0.5) is 0 Å². The molecule has 14 rings (SSSR count). The van der Waals surface area contributed by atoms with Gasteiger partial charge in [0.15, 0.2) is 0 Å². The average molecular weight is 817 g/mol. The number of nitrogens with zero attached hydrogens (tertiary/aromatic N) is 6. The van der Waals surface area contributed by atoms with E-state index in [2.05, 4.69) is 237 Å². The molecule has 0 radical (unpaired) electrons. The van der Waals surface area contributed by atoms with E-state index < -0.39 is 0 Å². The maximum absolute atomic E-state index is 5.48. The lowest BCUT2D eigenvalue weighted by Gasteiger charge is -2.13. The molecule has 0 aliphatic carbocycles. The summed E-state index contributed by atoms with van der Waals surface area (Å²) in [5, 5.41) is 9.63. The van der Waals surface area contributed by atoms with Gasteiger partial charge in [0.25, 0.3) is 0 Å². The van der Waals surface area contributed by atoms with Crippen LogP contribution >= 0.6 is 0 Å². The number of pyridine rings is 2. The van der Waals surface area contributed by atoms with Gasteiger partial charge in [-0.2, -0.15) is 0 Å². The molecular weight excluding hydrogens is 781 g/mol. The Labute approximate surface area is 366 Å². The Hall–Kier alpha value is -8.74. The van der Waals surface area contributed by atoms with Gasteiger partial charge in [-0.05, 0) is 84.9 Å². The Morgan fingerprint density at radius 2 is 0.625 bits per heavy atom.